The van der Waals surface area contributed by atoms with Crippen molar-refractivity contribution in [1.29, 1.82) is 0 Å². The van der Waals surface area contributed by atoms with Gasteiger partial charge in [0, 0.05) is 11.6 Å². The minimum absolute atomic E-state index is 0.280. The van der Waals surface area contributed by atoms with Crippen molar-refractivity contribution < 1.29 is 14.3 Å². The molecular formula is C9H10BrNO3. The molecule has 0 amide bonds. The first-order valence-corrected chi connectivity index (χ1v) is 4.71. The summed E-state index contributed by atoms with van der Waals surface area (Å²) in [4.78, 5) is 15.2. The first-order chi connectivity index (χ1) is 6.69. The Hall–Kier alpha value is -0.940. The first kappa shape index (κ1) is 11.1. The van der Waals surface area contributed by atoms with Gasteiger partial charge in [0.05, 0.1) is 19.4 Å². The van der Waals surface area contributed by atoms with E-state index in [1.165, 1.54) is 7.11 Å². The monoisotopic (exact) mass is 259 g/mol. The zero-order valence-electron chi connectivity index (χ0n) is 7.91. The highest BCUT2D eigenvalue weighted by Crippen LogP contribution is 2.16. The molecule has 0 aromatic carbocycles. The SMILES string of the molecule is COCc1nc(C(=O)OC)ccc1Br. The lowest BCUT2D eigenvalue weighted by Crippen LogP contribution is -2.06. The van der Waals surface area contributed by atoms with Crippen molar-refractivity contribution in [2.45, 2.75) is 6.61 Å². The summed E-state index contributed by atoms with van der Waals surface area (Å²) in [6.45, 7) is 0.353. The Labute approximate surface area is 90.4 Å². The van der Waals surface area contributed by atoms with Gasteiger partial charge < -0.3 is 9.47 Å². The molecule has 4 nitrogen and oxygen atoms in total. The number of carbonyl (C=O) groups excluding carboxylic acids is 1. The zero-order chi connectivity index (χ0) is 10.6. The van der Waals surface area contributed by atoms with Gasteiger partial charge in [0.1, 0.15) is 5.69 Å². The van der Waals surface area contributed by atoms with Crippen LogP contribution < -0.4 is 0 Å². The number of ether oxygens (including phenoxy) is 2. The Morgan fingerprint density at radius 1 is 1.50 bits per heavy atom. The molecule has 1 aromatic rings. The van der Waals surface area contributed by atoms with Crippen LogP contribution in [-0.4, -0.2) is 25.2 Å². The molecule has 0 aliphatic carbocycles. The van der Waals surface area contributed by atoms with Crippen LogP contribution >= 0.6 is 15.9 Å². The Morgan fingerprint density at radius 3 is 2.79 bits per heavy atom. The zero-order valence-corrected chi connectivity index (χ0v) is 9.50. The Bertz CT molecular complexity index is 341. The molecule has 0 N–H and O–H groups in total. The minimum Gasteiger partial charge on any atom is -0.464 e. The highest BCUT2D eigenvalue weighted by molar-refractivity contribution is 9.10. The lowest BCUT2D eigenvalue weighted by Gasteiger charge is -2.04. The smallest absolute Gasteiger partial charge is 0.356 e. The summed E-state index contributed by atoms with van der Waals surface area (Å²) in [5, 5.41) is 0. The highest BCUT2D eigenvalue weighted by Gasteiger charge is 2.09. The molecule has 1 aromatic heterocycles. The standard InChI is InChI=1S/C9H10BrNO3/c1-13-5-8-6(10)3-4-7(11-8)9(12)14-2/h3-4H,5H2,1-2H3. The predicted molar refractivity (Wildman–Crippen MR) is 54.0 cm³/mol. The Balaban J connectivity index is 2.99. The van der Waals surface area contributed by atoms with Crippen molar-refractivity contribution >= 4 is 21.9 Å². The highest BCUT2D eigenvalue weighted by atomic mass is 79.9. The molecule has 0 radical (unpaired) electrons. The van der Waals surface area contributed by atoms with E-state index in [-0.39, 0.29) is 5.69 Å². The van der Waals surface area contributed by atoms with E-state index < -0.39 is 5.97 Å². The number of pyridine rings is 1. The quantitative estimate of drug-likeness (QED) is 0.777. The second-order valence-electron chi connectivity index (χ2n) is 2.55. The second-order valence-corrected chi connectivity index (χ2v) is 3.40. The maximum absolute atomic E-state index is 11.1. The number of aromatic nitrogens is 1. The second kappa shape index (κ2) is 5.07. The summed E-state index contributed by atoms with van der Waals surface area (Å²) >= 11 is 3.31. The number of methoxy groups -OCH3 is 2. The summed E-state index contributed by atoms with van der Waals surface area (Å²) in [7, 11) is 2.89. The van der Waals surface area contributed by atoms with Crippen molar-refractivity contribution in [2.24, 2.45) is 0 Å². The van der Waals surface area contributed by atoms with E-state index in [1.54, 1.807) is 19.2 Å². The van der Waals surface area contributed by atoms with Crippen LogP contribution in [0.2, 0.25) is 0 Å². The number of hydrogen-bond donors (Lipinski definition) is 0. The van der Waals surface area contributed by atoms with E-state index in [1.807, 2.05) is 0 Å². The molecule has 0 spiro atoms. The van der Waals surface area contributed by atoms with Crippen LogP contribution in [0, 0.1) is 0 Å². The third-order valence-electron chi connectivity index (χ3n) is 1.59. The molecule has 0 aliphatic rings. The molecule has 0 saturated heterocycles. The fourth-order valence-electron chi connectivity index (χ4n) is 0.941. The van der Waals surface area contributed by atoms with Crippen LogP contribution in [0.1, 0.15) is 16.2 Å². The van der Waals surface area contributed by atoms with E-state index in [0.29, 0.717) is 12.3 Å². The van der Waals surface area contributed by atoms with Gasteiger partial charge in [-0.15, -0.1) is 0 Å². The van der Waals surface area contributed by atoms with Gasteiger partial charge in [-0.25, -0.2) is 9.78 Å². The minimum atomic E-state index is -0.449. The fraction of sp³-hybridized carbons (Fsp3) is 0.333. The molecule has 0 fully saturated rings. The van der Waals surface area contributed by atoms with Gasteiger partial charge in [-0.05, 0) is 28.1 Å². The Morgan fingerprint density at radius 2 is 2.21 bits per heavy atom. The van der Waals surface area contributed by atoms with Gasteiger partial charge >= 0.3 is 5.97 Å². The summed E-state index contributed by atoms with van der Waals surface area (Å²) in [5.41, 5.74) is 0.957. The van der Waals surface area contributed by atoms with Crippen molar-refractivity contribution in [3.05, 3.63) is 28.0 Å². The predicted octanol–water partition coefficient (Wildman–Crippen LogP) is 1.78. The number of carbonyl (C=O) groups is 1. The van der Waals surface area contributed by atoms with Crippen LogP contribution in [0.15, 0.2) is 16.6 Å². The molecule has 0 atom stereocenters. The fourth-order valence-corrected chi connectivity index (χ4v) is 1.28. The number of nitrogens with zero attached hydrogens (tertiary/aromatic N) is 1. The average molecular weight is 260 g/mol. The van der Waals surface area contributed by atoms with E-state index in [2.05, 4.69) is 25.7 Å². The molecule has 14 heavy (non-hydrogen) atoms. The van der Waals surface area contributed by atoms with Gasteiger partial charge in [0.2, 0.25) is 0 Å². The van der Waals surface area contributed by atoms with E-state index in [9.17, 15) is 4.79 Å². The van der Waals surface area contributed by atoms with Gasteiger partial charge in [-0.1, -0.05) is 0 Å². The molecular weight excluding hydrogens is 250 g/mol. The number of halogens is 1. The van der Waals surface area contributed by atoms with Crippen molar-refractivity contribution in [2.75, 3.05) is 14.2 Å². The van der Waals surface area contributed by atoms with Gasteiger partial charge in [0.25, 0.3) is 0 Å². The van der Waals surface area contributed by atoms with Crippen LogP contribution in [0.25, 0.3) is 0 Å². The molecule has 1 heterocycles. The van der Waals surface area contributed by atoms with Gasteiger partial charge in [-0.3, -0.25) is 0 Å². The molecule has 76 valence electrons. The van der Waals surface area contributed by atoms with Crippen molar-refractivity contribution in [3.8, 4) is 0 Å². The van der Waals surface area contributed by atoms with E-state index in [4.69, 9.17) is 4.74 Å². The summed E-state index contributed by atoms with van der Waals surface area (Å²) in [6.07, 6.45) is 0. The van der Waals surface area contributed by atoms with Crippen LogP contribution in [-0.2, 0) is 16.1 Å². The average Bonchev–Trinajstić information content (AvgIpc) is 2.20. The lowest BCUT2D eigenvalue weighted by molar-refractivity contribution is 0.0593. The third-order valence-corrected chi connectivity index (χ3v) is 2.32. The van der Waals surface area contributed by atoms with Crippen LogP contribution in [0.5, 0.6) is 0 Å². The molecule has 5 heteroatoms. The summed E-state index contributed by atoms with van der Waals surface area (Å²) in [6, 6.07) is 3.34. The van der Waals surface area contributed by atoms with Crippen molar-refractivity contribution in [3.63, 3.8) is 0 Å². The third kappa shape index (κ3) is 2.52. The maximum Gasteiger partial charge on any atom is 0.356 e. The molecule has 0 aliphatic heterocycles. The Kier molecular flexibility index (Phi) is 4.03. The number of hydrogen-bond acceptors (Lipinski definition) is 4. The number of esters is 1. The topological polar surface area (TPSA) is 48.4 Å². The van der Waals surface area contributed by atoms with E-state index in [0.717, 1.165) is 4.47 Å². The summed E-state index contributed by atoms with van der Waals surface area (Å²) in [5.74, 6) is -0.449. The normalized spacial score (nSPS) is 9.93. The molecule has 0 bridgehead atoms. The van der Waals surface area contributed by atoms with Gasteiger partial charge in [0.15, 0.2) is 0 Å². The lowest BCUT2D eigenvalue weighted by atomic mass is 10.3. The molecule has 0 saturated carbocycles. The maximum atomic E-state index is 11.1. The van der Waals surface area contributed by atoms with Crippen molar-refractivity contribution in [1.82, 2.24) is 4.98 Å². The number of rotatable bonds is 3. The largest absolute Gasteiger partial charge is 0.464 e. The summed E-state index contributed by atoms with van der Waals surface area (Å²) < 4.78 is 10.3. The first-order valence-electron chi connectivity index (χ1n) is 3.91. The molecule has 0 unspecified atom stereocenters. The van der Waals surface area contributed by atoms with Gasteiger partial charge in [-0.2, -0.15) is 0 Å². The van der Waals surface area contributed by atoms with E-state index >= 15 is 0 Å². The molecule has 1 rings (SSSR count). The van der Waals surface area contributed by atoms with Crippen LogP contribution in [0.4, 0.5) is 0 Å². The van der Waals surface area contributed by atoms with Crippen LogP contribution in [0.3, 0.4) is 0 Å².